The number of fused-ring (bicyclic) bond motifs is 1. The Morgan fingerprint density at radius 3 is 2.43 bits per heavy atom. The van der Waals surface area contributed by atoms with Crippen molar-refractivity contribution in [2.45, 2.75) is 72.3 Å². The molecule has 0 spiro atoms. The predicted octanol–water partition coefficient (Wildman–Crippen LogP) is 6.30. The molecule has 3 rings (SSSR count). The molecule has 3 aromatic rings. The summed E-state index contributed by atoms with van der Waals surface area (Å²) in [5.74, 6) is 1.88. The molecule has 0 aliphatic rings. The van der Waals surface area contributed by atoms with E-state index < -0.39 is 0 Å². The van der Waals surface area contributed by atoms with E-state index in [1.165, 1.54) is 5.56 Å². The Bertz CT molecular complexity index is 943. The fourth-order valence-electron chi connectivity index (χ4n) is 3.45. The zero-order chi connectivity index (χ0) is 20.3. The zero-order valence-electron chi connectivity index (χ0n) is 17.3. The van der Waals surface area contributed by atoms with Gasteiger partial charge in [-0.05, 0) is 59.3 Å². The molecule has 28 heavy (non-hydrogen) atoms. The van der Waals surface area contributed by atoms with Gasteiger partial charge in [0.15, 0.2) is 17.0 Å². The lowest BCUT2D eigenvalue weighted by atomic mass is 10.0. The van der Waals surface area contributed by atoms with Crippen molar-refractivity contribution in [1.29, 1.82) is 0 Å². The molecule has 0 fully saturated rings. The third-order valence-corrected chi connectivity index (χ3v) is 5.59. The summed E-state index contributed by atoms with van der Waals surface area (Å²) in [6, 6.07) is 6.68. The molecule has 7 heteroatoms. The van der Waals surface area contributed by atoms with Crippen molar-refractivity contribution in [3.63, 3.8) is 0 Å². The van der Waals surface area contributed by atoms with Crippen LogP contribution in [0, 0.1) is 6.92 Å². The van der Waals surface area contributed by atoms with Crippen LogP contribution in [0.1, 0.15) is 76.7 Å². The van der Waals surface area contributed by atoms with Crippen molar-refractivity contribution in [2.75, 3.05) is 5.32 Å². The first-order valence-corrected chi connectivity index (χ1v) is 10.9. The number of halogens is 1. The summed E-state index contributed by atoms with van der Waals surface area (Å²) in [5.41, 5.74) is 3.76. The maximum Gasteiger partial charge on any atom is 0.184 e. The smallest absolute Gasteiger partial charge is 0.184 e. The number of hydrogen-bond donors (Lipinski definition) is 1. The number of aryl methyl sites for hydroxylation is 1. The molecule has 0 bridgehead atoms. The van der Waals surface area contributed by atoms with Gasteiger partial charge in [0.25, 0.3) is 0 Å². The fraction of sp³-hybridized carbons (Fsp3) is 0.524. The summed E-state index contributed by atoms with van der Waals surface area (Å²) in [6.07, 6.45) is 4.35. The number of anilines is 2. The summed E-state index contributed by atoms with van der Waals surface area (Å²) in [6.45, 7) is 10.7. The van der Waals surface area contributed by atoms with E-state index in [9.17, 15) is 0 Å². The summed E-state index contributed by atoms with van der Waals surface area (Å²) in [7, 11) is 0. The molecule has 2 heterocycles. The van der Waals surface area contributed by atoms with Crippen LogP contribution in [0.15, 0.2) is 22.7 Å². The molecule has 0 aliphatic heterocycles. The molecule has 150 valence electrons. The van der Waals surface area contributed by atoms with Gasteiger partial charge >= 0.3 is 0 Å². The number of nitrogens with one attached hydrogen (secondary N) is 1. The highest BCUT2D eigenvalue weighted by molar-refractivity contribution is 9.10. The highest BCUT2D eigenvalue weighted by atomic mass is 79.9. The van der Waals surface area contributed by atoms with Crippen molar-refractivity contribution in [3.05, 3.63) is 34.1 Å². The van der Waals surface area contributed by atoms with Crippen LogP contribution < -0.4 is 5.32 Å². The van der Waals surface area contributed by atoms with Crippen LogP contribution in [0.4, 0.5) is 11.5 Å². The van der Waals surface area contributed by atoms with E-state index >= 15 is 0 Å². The summed E-state index contributed by atoms with van der Waals surface area (Å²) >= 11 is 3.68. The average Bonchev–Trinajstić information content (AvgIpc) is 3.06. The summed E-state index contributed by atoms with van der Waals surface area (Å²) in [4.78, 5) is 9.26. The maximum absolute atomic E-state index is 4.66. The molecular formula is C21H29BrN6. The largest absolute Gasteiger partial charge is 0.337 e. The van der Waals surface area contributed by atoms with E-state index in [2.05, 4.69) is 87.4 Å². The Labute approximate surface area is 175 Å². The van der Waals surface area contributed by atoms with Crippen LogP contribution in [-0.2, 0) is 0 Å². The second kappa shape index (κ2) is 8.99. The molecule has 1 aromatic carbocycles. The van der Waals surface area contributed by atoms with Gasteiger partial charge in [-0.2, -0.15) is 0 Å². The standard InChI is InChI=1S/C21H29BrN6/c1-6-8-16(9-7-2)28-21-19(26-27-28)20(23-14(5)24-21)25-18-11-10-15(13(3)4)12-17(18)22/h10-13,16H,6-9H2,1-5H3,(H,23,24,25). The minimum absolute atomic E-state index is 0.319. The molecule has 0 atom stereocenters. The number of aromatic nitrogens is 5. The average molecular weight is 445 g/mol. The SMILES string of the molecule is CCCC(CCC)n1nnc2c(Nc3ccc(C(C)C)cc3Br)nc(C)nc21. The van der Waals surface area contributed by atoms with E-state index in [4.69, 9.17) is 0 Å². The fourth-order valence-corrected chi connectivity index (χ4v) is 3.94. The first kappa shape index (κ1) is 20.7. The number of nitrogens with zero attached hydrogens (tertiary/aromatic N) is 5. The minimum atomic E-state index is 0.319. The number of rotatable bonds is 8. The van der Waals surface area contributed by atoms with Gasteiger partial charge in [0.05, 0.1) is 11.7 Å². The summed E-state index contributed by atoms with van der Waals surface area (Å²) in [5, 5.41) is 12.3. The lowest BCUT2D eigenvalue weighted by Crippen LogP contribution is -2.12. The number of benzene rings is 1. The Morgan fingerprint density at radius 2 is 1.82 bits per heavy atom. The van der Waals surface area contributed by atoms with Gasteiger partial charge in [0.1, 0.15) is 5.82 Å². The molecule has 0 radical (unpaired) electrons. The predicted molar refractivity (Wildman–Crippen MR) is 118 cm³/mol. The van der Waals surface area contributed by atoms with Gasteiger partial charge in [-0.1, -0.05) is 51.8 Å². The molecule has 0 saturated heterocycles. The first-order chi connectivity index (χ1) is 13.4. The van der Waals surface area contributed by atoms with E-state index in [1.54, 1.807) is 0 Å². The van der Waals surface area contributed by atoms with Crippen LogP contribution in [0.3, 0.4) is 0 Å². The first-order valence-electron chi connectivity index (χ1n) is 10.1. The lowest BCUT2D eigenvalue weighted by molar-refractivity contribution is 0.391. The molecular weight excluding hydrogens is 416 g/mol. The monoisotopic (exact) mass is 444 g/mol. The van der Waals surface area contributed by atoms with E-state index in [0.29, 0.717) is 29.1 Å². The summed E-state index contributed by atoms with van der Waals surface area (Å²) < 4.78 is 2.99. The van der Waals surface area contributed by atoms with E-state index in [0.717, 1.165) is 41.5 Å². The Kier molecular flexibility index (Phi) is 6.65. The highest BCUT2D eigenvalue weighted by Crippen LogP contribution is 2.31. The second-order valence-corrected chi connectivity index (χ2v) is 8.43. The maximum atomic E-state index is 4.66. The van der Waals surface area contributed by atoms with Crippen molar-refractivity contribution in [2.24, 2.45) is 0 Å². The topological polar surface area (TPSA) is 68.5 Å². The Morgan fingerprint density at radius 1 is 1.11 bits per heavy atom. The van der Waals surface area contributed by atoms with Crippen molar-refractivity contribution in [3.8, 4) is 0 Å². The lowest BCUT2D eigenvalue weighted by Gasteiger charge is -2.16. The van der Waals surface area contributed by atoms with Crippen LogP contribution >= 0.6 is 15.9 Å². The van der Waals surface area contributed by atoms with Gasteiger partial charge in [0.2, 0.25) is 0 Å². The van der Waals surface area contributed by atoms with Crippen molar-refractivity contribution < 1.29 is 0 Å². The second-order valence-electron chi connectivity index (χ2n) is 7.58. The highest BCUT2D eigenvalue weighted by Gasteiger charge is 2.19. The van der Waals surface area contributed by atoms with Gasteiger partial charge in [-0.25, -0.2) is 14.6 Å². The van der Waals surface area contributed by atoms with E-state index in [1.807, 2.05) is 11.6 Å². The Balaban J connectivity index is 2.01. The molecule has 2 aromatic heterocycles. The third kappa shape index (κ3) is 4.35. The molecule has 0 aliphatic carbocycles. The van der Waals surface area contributed by atoms with Gasteiger partial charge < -0.3 is 5.32 Å². The molecule has 0 saturated carbocycles. The van der Waals surface area contributed by atoms with Crippen LogP contribution in [0.25, 0.3) is 11.2 Å². The van der Waals surface area contributed by atoms with Crippen LogP contribution in [0.5, 0.6) is 0 Å². The van der Waals surface area contributed by atoms with Gasteiger partial charge in [-0.3, -0.25) is 0 Å². The quantitative estimate of drug-likeness (QED) is 0.441. The number of hydrogen-bond acceptors (Lipinski definition) is 5. The molecule has 1 N–H and O–H groups in total. The van der Waals surface area contributed by atoms with Gasteiger partial charge in [-0.15, -0.1) is 5.10 Å². The van der Waals surface area contributed by atoms with Crippen molar-refractivity contribution >= 4 is 38.6 Å². The molecule has 0 unspecified atom stereocenters. The van der Waals surface area contributed by atoms with Crippen LogP contribution in [-0.4, -0.2) is 25.0 Å². The van der Waals surface area contributed by atoms with Crippen molar-refractivity contribution in [1.82, 2.24) is 25.0 Å². The van der Waals surface area contributed by atoms with Gasteiger partial charge in [0, 0.05) is 4.47 Å². The van der Waals surface area contributed by atoms with Crippen LogP contribution in [0.2, 0.25) is 0 Å². The van der Waals surface area contributed by atoms with E-state index in [-0.39, 0.29) is 0 Å². The minimum Gasteiger partial charge on any atom is -0.337 e. The normalized spacial score (nSPS) is 11.7. The molecule has 6 nitrogen and oxygen atoms in total. The third-order valence-electron chi connectivity index (χ3n) is 4.94. The Hall–Kier alpha value is -2.02. The zero-order valence-corrected chi connectivity index (χ0v) is 18.9. The molecule has 0 amide bonds.